The summed E-state index contributed by atoms with van der Waals surface area (Å²) in [6.45, 7) is 4.67. The lowest BCUT2D eigenvalue weighted by Gasteiger charge is -2.28. The SMILES string of the molecule is COC(C)OC(C)(O)OC(C)OC. The number of ether oxygens (including phenoxy) is 4. The third kappa shape index (κ3) is 5.95. The lowest BCUT2D eigenvalue weighted by atomic mass is 10.6. The van der Waals surface area contributed by atoms with Crippen molar-refractivity contribution in [2.24, 2.45) is 0 Å². The van der Waals surface area contributed by atoms with E-state index in [0.29, 0.717) is 0 Å². The van der Waals surface area contributed by atoms with Crippen LogP contribution in [0.2, 0.25) is 0 Å². The lowest BCUT2D eigenvalue weighted by molar-refractivity contribution is -0.418. The largest absolute Gasteiger partial charge is 0.356 e. The smallest absolute Gasteiger partial charge is 0.281 e. The fourth-order valence-electron chi connectivity index (χ4n) is 0.740. The number of rotatable bonds is 6. The van der Waals surface area contributed by atoms with E-state index in [1.807, 2.05) is 0 Å². The highest BCUT2D eigenvalue weighted by Gasteiger charge is 2.27. The first-order valence-corrected chi connectivity index (χ1v) is 4.05. The average molecular weight is 194 g/mol. The second-order valence-electron chi connectivity index (χ2n) is 2.74. The van der Waals surface area contributed by atoms with Gasteiger partial charge in [-0.1, -0.05) is 0 Å². The number of hydrogen-bond acceptors (Lipinski definition) is 5. The molecule has 0 fully saturated rings. The predicted molar refractivity (Wildman–Crippen MR) is 45.7 cm³/mol. The Bertz CT molecular complexity index is 122. The van der Waals surface area contributed by atoms with Gasteiger partial charge in [0, 0.05) is 21.1 Å². The summed E-state index contributed by atoms with van der Waals surface area (Å²) >= 11 is 0. The highest BCUT2D eigenvalue weighted by Crippen LogP contribution is 2.14. The van der Waals surface area contributed by atoms with Gasteiger partial charge in [0.2, 0.25) is 0 Å². The third-order valence-electron chi connectivity index (χ3n) is 1.43. The van der Waals surface area contributed by atoms with E-state index in [-0.39, 0.29) is 0 Å². The molecule has 0 aromatic rings. The topological polar surface area (TPSA) is 57.2 Å². The molecule has 0 heterocycles. The van der Waals surface area contributed by atoms with Gasteiger partial charge in [0.25, 0.3) is 5.97 Å². The molecule has 80 valence electrons. The Balaban J connectivity index is 3.92. The molecule has 0 aromatic carbocycles. The van der Waals surface area contributed by atoms with Crippen molar-refractivity contribution in [1.82, 2.24) is 0 Å². The molecule has 0 bridgehead atoms. The van der Waals surface area contributed by atoms with Crippen LogP contribution >= 0.6 is 0 Å². The van der Waals surface area contributed by atoms with Crippen LogP contribution < -0.4 is 0 Å². The minimum atomic E-state index is -1.70. The first kappa shape index (κ1) is 12.8. The van der Waals surface area contributed by atoms with Crippen LogP contribution in [0.5, 0.6) is 0 Å². The summed E-state index contributed by atoms with van der Waals surface area (Å²) in [5.41, 5.74) is 0. The molecule has 1 N–H and O–H groups in total. The minimum Gasteiger partial charge on any atom is -0.356 e. The molecule has 5 nitrogen and oxygen atoms in total. The van der Waals surface area contributed by atoms with E-state index in [9.17, 15) is 5.11 Å². The molecule has 0 radical (unpaired) electrons. The van der Waals surface area contributed by atoms with Gasteiger partial charge in [-0.05, 0) is 13.8 Å². The molecule has 0 spiro atoms. The Morgan fingerprint density at radius 3 is 1.54 bits per heavy atom. The molecule has 0 aliphatic heterocycles. The van der Waals surface area contributed by atoms with Gasteiger partial charge >= 0.3 is 0 Å². The van der Waals surface area contributed by atoms with Gasteiger partial charge in [-0.3, -0.25) is 9.47 Å². The number of aliphatic hydroxyl groups is 1. The zero-order valence-corrected chi connectivity index (χ0v) is 8.73. The first-order valence-electron chi connectivity index (χ1n) is 4.05. The normalized spacial score (nSPS) is 20.8. The Morgan fingerprint density at radius 2 is 1.31 bits per heavy atom. The van der Waals surface area contributed by atoms with Crippen LogP contribution in [0.3, 0.4) is 0 Å². The van der Waals surface area contributed by atoms with E-state index in [4.69, 9.17) is 18.9 Å². The lowest BCUT2D eigenvalue weighted by Crippen LogP contribution is -2.39. The molecule has 0 saturated carbocycles. The van der Waals surface area contributed by atoms with E-state index in [1.54, 1.807) is 13.8 Å². The third-order valence-corrected chi connectivity index (χ3v) is 1.43. The van der Waals surface area contributed by atoms with Crippen molar-refractivity contribution in [3.63, 3.8) is 0 Å². The molecule has 0 aromatic heterocycles. The fourth-order valence-corrected chi connectivity index (χ4v) is 0.740. The molecule has 0 saturated heterocycles. The Hall–Kier alpha value is -0.200. The molecule has 2 atom stereocenters. The summed E-state index contributed by atoms with van der Waals surface area (Å²) in [5.74, 6) is -1.70. The van der Waals surface area contributed by atoms with Crippen LogP contribution in [0.25, 0.3) is 0 Å². The van der Waals surface area contributed by atoms with Gasteiger partial charge in [-0.15, -0.1) is 0 Å². The second kappa shape index (κ2) is 5.51. The molecule has 0 amide bonds. The highest BCUT2D eigenvalue weighted by molar-refractivity contribution is 4.45. The fraction of sp³-hybridized carbons (Fsp3) is 1.00. The zero-order valence-electron chi connectivity index (χ0n) is 8.73. The van der Waals surface area contributed by atoms with Gasteiger partial charge in [-0.2, -0.15) is 0 Å². The van der Waals surface area contributed by atoms with Crippen molar-refractivity contribution in [1.29, 1.82) is 0 Å². The molecule has 5 heteroatoms. The zero-order chi connectivity index (χ0) is 10.5. The van der Waals surface area contributed by atoms with Crippen molar-refractivity contribution in [2.45, 2.75) is 39.3 Å². The maximum absolute atomic E-state index is 9.51. The van der Waals surface area contributed by atoms with Crippen LogP contribution in [0.4, 0.5) is 0 Å². The summed E-state index contributed by atoms with van der Waals surface area (Å²) in [7, 11) is 2.95. The van der Waals surface area contributed by atoms with Gasteiger partial charge in [0.05, 0.1) is 0 Å². The molecular weight excluding hydrogens is 176 g/mol. The Kier molecular flexibility index (Phi) is 5.43. The average Bonchev–Trinajstić information content (AvgIpc) is 2.02. The van der Waals surface area contributed by atoms with Gasteiger partial charge in [-0.25, -0.2) is 0 Å². The van der Waals surface area contributed by atoms with Crippen LogP contribution in [-0.4, -0.2) is 37.9 Å². The van der Waals surface area contributed by atoms with Crippen molar-refractivity contribution in [2.75, 3.05) is 14.2 Å². The van der Waals surface area contributed by atoms with Crippen molar-refractivity contribution in [3.05, 3.63) is 0 Å². The van der Waals surface area contributed by atoms with Crippen LogP contribution in [0, 0.1) is 0 Å². The van der Waals surface area contributed by atoms with Gasteiger partial charge in [0.15, 0.2) is 12.6 Å². The summed E-state index contributed by atoms with van der Waals surface area (Å²) in [6, 6.07) is 0. The molecule has 0 aliphatic rings. The summed E-state index contributed by atoms with van der Waals surface area (Å²) in [5, 5.41) is 9.51. The maximum atomic E-state index is 9.51. The first-order chi connectivity index (χ1) is 5.91. The predicted octanol–water partition coefficient (Wildman–Crippen LogP) is 0.670. The highest BCUT2D eigenvalue weighted by atomic mass is 16.9. The van der Waals surface area contributed by atoms with E-state index < -0.39 is 18.6 Å². The van der Waals surface area contributed by atoms with Crippen molar-refractivity contribution < 1.29 is 24.1 Å². The Morgan fingerprint density at radius 1 is 1.00 bits per heavy atom. The molecule has 0 rings (SSSR count). The van der Waals surface area contributed by atoms with Crippen LogP contribution in [0.1, 0.15) is 20.8 Å². The summed E-state index contributed by atoms with van der Waals surface area (Å²) in [6.07, 6.45) is -1.09. The van der Waals surface area contributed by atoms with Gasteiger partial charge in [0.1, 0.15) is 0 Å². The molecule has 0 aliphatic carbocycles. The quantitative estimate of drug-likeness (QED) is 0.630. The Labute approximate surface area is 78.5 Å². The molecular formula is C8H18O5. The van der Waals surface area contributed by atoms with Crippen molar-refractivity contribution in [3.8, 4) is 0 Å². The van der Waals surface area contributed by atoms with Crippen LogP contribution in [0.15, 0.2) is 0 Å². The monoisotopic (exact) mass is 194 g/mol. The molecule has 2 unspecified atom stereocenters. The summed E-state index contributed by atoms with van der Waals surface area (Å²) in [4.78, 5) is 0. The van der Waals surface area contributed by atoms with Crippen molar-refractivity contribution >= 4 is 0 Å². The van der Waals surface area contributed by atoms with Crippen LogP contribution in [-0.2, 0) is 18.9 Å². The maximum Gasteiger partial charge on any atom is 0.281 e. The standard InChI is InChI=1S/C8H18O5/c1-6(10-4)12-8(3,9)13-7(2)11-5/h6-7,9H,1-5H3. The second-order valence-corrected chi connectivity index (χ2v) is 2.74. The van der Waals surface area contributed by atoms with E-state index >= 15 is 0 Å². The summed E-state index contributed by atoms with van der Waals surface area (Å²) < 4.78 is 19.6. The molecule has 13 heavy (non-hydrogen) atoms. The number of methoxy groups -OCH3 is 2. The minimum absolute atomic E-state index is 0.543. The van der Waals surface area contributed by atoms with E-state index in [0.717, 1.165) is 0 Å². The van der Waals surface area contributed by atoms with E-state index in [1.165, 1.54) is 21.1 Å². The number of hydrogen-bond donors (Lipinski definition) is 1. The van der Waals surface area contributed by atoms with E-state index in [2.05, 4.69) is 0 Å². The van der Waals surface area contributed by atoms with Gasteiger partial charge < -0.3 is 14.6 Å².